The lowest BCUT2D eigenvalue weighted by Gasteiger charge is -2.04. The van der Waals surface area contributed by atoms with Gasteiger partial charge in [0, 0.05) is 11.6 Å². The Morgan fingerprint density at radius 1 is 1.26 bits per heavy atom. The number of nitrogens with one attached hydrogen (secondary N) is 1. The molecule has 1 amide bonds. The molecule has 0 radical (unpaired) electrons. The highest BCUT2D eigenvalue weighted by Gasteiger charge is 2.14. The van der Waals surface area contributed by atoms with Crippen LogP contribution in [0.2, 0.25) is 5.02 Å². The Morgan fingerprint density at radius 3 is 2.74 bits per heavy atom. The van der Waals surface area contributed by atoms with Crippen molar-refractivity contribution < 1.29 is 13.6 Å². The normalized spacial score (nSPS) is 10.7. The molecule has 0 unspecified atom stereocenters. The summed E-state index contributed by atoms with van der Waals surface area (Å²) < 4.78 is 11.0. The minimum absolute atomic E-state index is 0.0329. The molecule has 23 heavy (non-hydrogen) atoms. The molecule has 3 aromatic rings. The van der Waals surface area contributed by atoms with E-state index in [1.807, 2.05) is 0 Å². The number of furan rings is 1. The zero-order chi connectivity index (χ0) is 16.2. The lowest BCUT2D eigenvalue weighted by Crippen LogP contribution is -2.31. The summed E-state index contributed by atoms with van der Waals surface area (Å²) in [7, 11) is 0. The maximum Gasteiger partial charge on any atom is 0.437 e. The lowest BCUT2D eigenvalue weighted by atomic mass is 10.2. The van der Waals surface area contributed by atoms with Crippen LogP contribution in [0.3, 0.4) is 0 Å². The van der Waals surface area contributed by atoms with Crippen molar-refractivity contribution in [3.05, 3.63) is 63.8 Å². The maximum atomic E-state index is 11.9. The van der Waals surface area contributed by atoms with Crippen molar-refractivity contribution in [2.45, 2.75) is 13.1 Å². The second-order valence-corrected chi connectivity index (χ2v) is 5.15. The number of benzene rings is 1. The fraction of sp³-hybridized carbons (Fsp3) is 0.133. The van der Waals surface area contributed by atoms with E-state index in [2.05, 4.69) is 10.4 Å². The monoisotopic (exact) mass is 333 g/mol. The van der Waals surface area contributed by atoms with Crippen LogP contribution in [0.5, 0.6) is 0 Å². The smallest absolute Gasteiger partial charge is 0.437 e. The van der Waals surface area contributed by atoms with E-state index in [-0.39, 0.29) is 18.3 Å². The van der Waals surface area contributed by atoms with Crippen molar-refractivity contribution in [1.29, 1.82) is 0 Å². The van der Waals surface area contributed by atoms with Crippen molar-refractivity contribution in [3.8, 4) is 11.7 Å². The number of carbonyl (C=O) groups excluding carboxylic acids is 1. The van der Waals surface area contributed by atoms with Gasteiger partial charge < -0.3 is 14.2 Å². The zero-order valence-corrected chi connectivity index (χ0v) is 12.6. The molecular formula is C15H12ClN3O4. The molecule has 118 valence electrons. The van der Waals surface area contributed by atoms with Gasteiger partial charge in [-0.3, -0.25) is 4.79 Å². The van der Waals surface area contributed by atoms with E-state index in [1.54, 1.807) is 36.4 Å². The molecule has 0 atom stereocenters. The summed E-state index contributed by atoms with van der Waals surface area (Å²) in [6, 6.07) is 10.3. The van der Waals surface area contributed by atoms with Crippen LogP contribution >= 0.6 is 11.6 Å². The summed E-state index contributed by atoms with van der Waals surface area (Å²) in [5.41, 5.74) is 0.895. The topological polar surface area (TPSA) is 90.3 Å². The van der Waals surface area contributed by atoms with Crippen molar-refractivity contribution >= 4 is 17.5 Å². The molecule has 0 aliphatic rings. The molecule has 8 heteroatoms. The Bertz CT molecular complexity index is 850. The Hall–Kier alpha value is -2.80. The number of carbonyl (C=O) groups is 1. The van der Waals surface area contributed by atoms with Crippen molar-refractivity contribution in [2.24, 2.45) is 0 Å². The lowest BCUT2D eigenvalue weighted by molar-refractivity contribution is -0.122. The predicted octanol–water partition coefficient (Wildman–Crippen LogP) is 2.07. The minimum Gasteiger partial charge on any atom is -0.459 e. The SMILES string of the molecule is O=C(Cn1nc(-c2ccco2)oc1=O)NCc1ccc(Cl)cc1. The van der Waals surface area contributed by atoms with E-state index in [0.717, 1.165) is 10.2 Å². The average molecular weight is 334 g/mol. The highest BCUT2D eigenvalue weighted by Crippen LogP contribution is 2.14. The third-order valence-corrected chi connectivity index (χ3v) is 3.29. The van der Waals surface area contributed by atoms with Crippen molar-refractivity contribution in [3.63, 3.8) is 0 Å². The van der Waals surface area contributed by atoms with Gasteiger partial charge in [-0.25, -0.2) is 4.79 Å². The van der Waals surface area contributed by atoms with Gasteiger partial charge in [-0.05, 0) is 29.8 Å². The molecule has 0 saturated heterocycles. The molecular weight excluding hydrogens is 322 g/mol. The van der Waals surface area contributed by atoms with Gasteiger partial charge in [0.25, 0.3) is 5.89 Å². The first kappa shape index (κ1) is 15.1. The van der Waals surface area contributed by atoms with E-state index < -0.39 is 5.76 Å². The molecule has 0 bridgehead atoms. The van der Waals surface area contributed by atoms with E-state index in [1.165, 1.54) is 6.26 Å². The maximum absolute atomic E-state index is 11.9. The van der Waals surface area contributed by atoms with Crippen LogP contribution in [0.4, 0.5) is 0 Å². The van der Waals surface area contributed by atoms with Gasteiger partial charge in [-0.1, -0.05) is 23.7 Å². The fourth-order valence-electron chi connectivity index (χ4n) is 1.90. The minimum atomic E-state index is -0.724. The van der Waals surface area contributed by atoms with Crippen LogP contribution < -0.4 is 11.1 Å². The molecule has 2 aromatic heterocycles. The largest absolute Gasteiger partial charge is 0.459 e. The summed E-state index contributed by atoms with van der Waals surface area (Å²) in [6.45, 7) is 0.0876. The van der Waals surface area contributed by atoms with E-state index in [0.29, 0.717) is 17.3 Å². The number of amides is 1. The second kappa shape index (κ2) is 6.53. The zero-order valence-electron chi connectivity index (χ0n) is 11.9. The quantitative estimate of drug-likeness (QED) is 0.772. The van der Waals surface area contributed by atoms with Crippen LogP contribution in [0.15, 0.2) is 56.3 Å². The van der Waals surface area contributed by atoms with Gasteiger partial charge in [0.2, 0.25) is 5.91 Å². The Morgan fingerprint density at radius 2 is 2.04 bits per heavy atom. The predicted molar refractivity (Wildman–Crippen MR) is 81.8 cm³/mol. The third-order valence-electron chi connectivity index (χ3n) is 3.03. The van der Waals surface area contributed by atoms with Crippen LogP contribution in [-0.2, 0) is 17.9 Å². The highest BCUT2D eigenvalue weighted by molar-refractivity contribution is 6.30. The summed E-state index contributed by atoms with van der Waals surface area (Å²) in [5, 5.41) is 7.24. The van der Waals surface area contributed by atoms with E-state index >= 15 is 0 Å². The average Bonchev–Trinajstić information content (AvgIpc) is 3.17. The van der Waals surface area contributed by atoms with Gasteiger partial charge in [0.05, 0.1) is 6.26 Å². The van der Waals surface area contributed by atoms with Crippen LogP contribution in [0.1, 0.15) is 5.56 Å². The van der Waals surface area contributed by atoms with Gasteiger partial charge in [0.1, 0.15) is 6.54 Å². The van der Waals surface area contributed by atoms with E-state index in [9.17, 15) is 9.59 Å². The van der Waals surface area contributed by atoms with Gasteiger partial charge >= 0.3 is 5.76 Å². The summed E-state index contributed by atoms with van der Waals surface area (Å²) >= 11 is 5.79. The third kappa shape index (κ3) is 3.70. The first-order valence-electron chi connectivity index (χ1n) is 6.75. The molecule has 0 aliphatic carbocycles. The number of aromatic nitrogens is 2. The number of hydrogen-bond donors (Lipinski definition) is 1. The number of halogens is 1. The van der Waals surface area contributed by atoms with Crippen LogP contribution in [0, 0.1) is 0 Å². The molecule has 0 saturated carbocycles. The highest BCUT2D eigenvalue weighted by atomic mass is 35.5. The van der Waals surface area contributed by atoms with E-state index in [4.69, 9.17) is 20.4 Å². The number of rotatable bonds is 5. The molecule has 7 nitrogen and oxygen atoms in total. The molecule has 0 aliphatic heterocycles. The number of hydrogen-bond acceptors (Lipinski definition) is 5. The number of nitrogens with zero attached hydrogens (tertiary/aromatic N) is 2. The Labute approximate surface area is 135 Å². The fourth-order valence-corrected chi connectivity index (χ4v) is 2.03. The standard InChI is InChI=1S/C15H12ClN3O4/c16-11-5-3-10(4-6-11)8-17-13(20)9-19-15(21)23-14(18-19)12-2-1-7-22-12/h1-7H,8-9H2,(H,17,20). The van der Waals surface area contributed by atoms with Gasteiger partial charge in [-0.2, -0.15) is 4.68 Å². The molecule has 1 N–H and O–H groups in total. The Balaban J connectivity index is 1.62. The second-order valence-electron chi connectivity index (χ2n) is 4.71. The van der Waals surface area contributed by atoms with Crippen LogP contribution in [-0.4, -0.2) is 15.7 Å². The summed E-state index contributed by atoms with van der Waals surface area (Å²) in [5.74, 6) is -0.729. The summed E-state index contributed by atoms with van der Waals surface area (Å²) in [6.07, 6.45) is 1.44. The van der Waals surface area contributed by atoms with Gasteiger partial charge in [-0.15, -0.1) is 5.10 Å². The van der Waals surface area contributed by atoms with Crippen molar-refractivity contribution in [2.75, 3.05) is 0 Å². The Kier molecular flexibility index (Phi) is 4.29. The summed E-state index contributed by atoms with van der Waals surface area (Å²) in [4.78, 5) is 23.6. The molecule has 3 rings (SSSR count). The molecule has 0 spiro atoms. The first-order valence-corrected chi connectivity index (χ1v) is 7.12. The molecule has 1 aromatic carbocycles. The van der Waals surface area contributed by atoms with Crippen LogP contribution in [0.25, 0.3) is 11.7 Å². The van der Waals surface area contributed by atoms with Gasteiger partial charge in [0.15, 0.2) is 5.76 Å². The molecule has 2 heterocycles. The van der Waals surface area contributed by atoms with Crippen molar-refractivity contribution in [1.82, 2.24) is 15.1 Å². The molecule has 0 fully saturated rings. The first-order chi connectivity index (χ1) is 11.1.